The minimum atomic E-state index is -0.243. The van der Waals surface area contributed by atoms with E-state index in [0.717, 1.165) is 42.9 Å². The highest BCUT2D eigenvalue weighted by Crippen LogP contribution is 2.27. The summed E-state index contributed by atoms with van der Waals surface area (Å²) in [5.74, 6) is 0.358. The number of nitrogens with zero attached hydrogens (tertiary/aromatic N) is 3. The van der Waals surface area contributed by atoms with Gasteiger partial charge in [-0.25, -0.2) is 5.43 Å². The average molecular weight is 378 g/mol. The molecule has 3 aromatic rings. The largest absolute Gasteiger partial charge is 0.355 e. The zero-order chi connectivity index (χ0) is 19.5. The Morgan fingerprint density at radius 3 is 2.46 bits per heavy atom. The first kappa shape index (κ1) is 18.0. The molecule has 0 saturated carbocycles. The molecular weight excluding hydrogens is 356 g/mol. The Bertz CT molecular complexity index is 1010. The molecule has 4 rings (SSSR count). The highest BCUT2D eigenvalue weighted by atomic mass is 16.2. The van der Waals surface area contributed by atoms with Crippen molar-refractivity contribution in [2.45, 2.75) is 0 Å². The Morgan fingerprint density at radius 2 is 1.75 bits per heavy atom. The summed E-state index contributed by atoms with van der Waals surface area (Å²) in [6.45, 7) is 3.34. The summed E-state index contributed by atoms with van der Waals surface area (Å²) in [4.78, 5) is 28.3. The van der Waals surface area contributed by atoms with Gasteiger partial charge in [-0.15, -0.1) is 5.10 Å². The molecule has 1 fully saturated rings. The van der Waals surface area contributed by atoms with Crippen molar-refractivity contribution in [3.05, 3.63) is 59.7 Å². The number of carbonyl (C=O) groups is 2. The molecule has 2 heterocycles. The number of carbonyl (C=O) groups excluding carboxylic acids is 2. The van der Waals surface area contributed by atoms with Gasteiger partial charge in [0.25, 0.3) is 11.8 Å². The quantitative estimate of drug-likeness (QED) is 0.634. The Labute approximate surface area is 162 Å². The third-order valence-corrected chi connectivity index (χ3v) is 4.81. The van der Waals surface area contributed by atoms with Gasteiger partial charge in [0, 0.05) is 49.7 Å². The number of hydrogen-bond acceptors (Lipinski definition) is 5. The molecule has 8 heteroatoms. The van der Waals surface area contributed by atoms with Gasteiger partial charge in [0.05, 0.1) is 5.52 Å². The lowest BCUT2D eigenvalue weighted by Crippen LogP contribution is -2.43. The van der Waals surface area contributed by atoms with Gasteiger partial charge in [0.1, 0.15) is 0 Å². The highest BCUT2D eigenvalue weighted by molar-refractivity contribution is 6.03. The van der Waals surface area contributed by atoms with Crippen LogP contribution in [0.3, 0.4) is 0 Å². The number of piperazine rings is 1. The van der Waals surface area contributed by atoms with Crippen LogP contribution in [0.15, 0.2) is 48.5 Å². The molecule has 3 N–H and O–H groups in total. The lowest BCUT2D eigenvalue weighted by atomic mass is 10.1. The maximum Gasteiger partial charge on any atom is 0.271 e. The fourth-order valence-corrected chi connectivity index (χ4v) is 3.33. The number of aromatic nitrogens is 2. The third kappa shape index (κ3) is 3.41. The second-order valence-electron chi connectivity index (χ2n) is 6.59. The minimum absolute atomic E-state index is 0.158. The van der Waals surface area contributed by atoms with Gasteiger partial charge < -0.3 is 15.5 Å². The van der Waals surface area contributed by atoms with Crippen molar-refractivity contribution in [3.8, 4) is 0 Å². The zero-order valence-electron chi connectivity index (χ0n) is 15.6. The van der Waals surface area contributed by atoms with E-state index in [-0.39, 0.29) is 11.8 Å². The monoisotopic (exact) mass is 378 g/mol. The summed E-state index contributed by atoms with van der Waals surface area (Å²) in [6, 6.07) is 14.4. The Hall–Kier alpha value is -3.39. The molecule has 0 atom stereocenters. The summed E-state index contributed by atoms with van der Waals surface area (Å²) >= 11 is 0. The van der Waals surface area contributed by atoms with Crippen molar-refractivity contribution in [3.63, 3.8) is 0 Å². The van der Waals surface area contributed by atoms with Crippen LogP contribution in [0.4, 0.5) is 5.82 Å². The van der Waals surface area contributed by atoms with E-state index in [1.54, 1.807) is 25.2 Å². The first-order valence-electron chi connectivity index (χ1n) is 9.24. The molecule has 1 aromatic heterocycles. The van der Waals surface area contributed by atoms with Crippen LogP contribution in [0.2, 0.25) is 0 Å². The highest BCUT2D eigenvalue weighted by Gasteiger charge is 2.21. The number of hydrogen-bond donors (Lipinski definition) is 3. The van der Waals surface area contributed by atoms with Gasteiger partial charge in [-0.05, 0) is 30.3 Å². The topological polar surface area (TPSA) is 91.3 Å². The fraction of sp³-hybridized carbons (Fsp3) is 0.250. The average Bonchev–Trinajstić information content (AvgIpc) is 3.12. The molecule has 8 nitrogen and oxygen atoms in total. The van der Waals surface area contributed by atoms with Crippen LogP contribution in [0.1, 0.15) is 20.7 Å². The van der Waals surface area contributed by atoms with Gasteiger partial charge in [-0.3, -0.25) is 9.59 Å². The summed E-state index contributed by atoms with van der Waals surface area (Å²) in [7, 11) is 1.60. The summed E-state index contributed by atoms with van der Waals surface area (Å²) in [6.07, 6.45) is 0. The number of fused-ring (bicyclic) bond motifs is 1. The van der Waals surface area contributed by atoms with Gasteiger partial charge in [-0.1, -0.05) is 18.2 Å². The van der Waals surface area contributed by atoms with E-state index in [9.17, 15) is 9.59 Å². The van der Waals surface area contributed by atoms with Crippen LogP contribution in [0.5, 0.6) is 0 Å². The van der Waals surface area contributed by atoms with Crippen molar-refractivity contribution in [2.75, 3.05) is 43.6 Å². The predicted octanol–water partition coefficient (Wildman–Crippen LogP) is 1.19. The first-order valence-corrected chi connectivity index (χ1v) is 9.24. The van der Waals surface area contributed by atoms with Crippen LogP contribution in [-0.2, 0) is 0 Å². The van der Waals surface area contributed by atoms with Crippen molar-refractivity contribution in [1.29, 1.82) is 0 Å². The predicted molar refractivity (Wildman–Crippen MR) is 108 cm³/mol. The van der Waals surface area contributed by atoms with Gasteiger partial charge in [0.2, 0.25) is 0 Å². The standard InChI is InChI=1S/C20H22N6O2/c1-21-19(27)15-7-8-17-16(13-15)18(25-11-9-22-10-12-25)23-26(17)24-20(28)14-5-3-2-4-6-14/h2-8,13,22H,9-12H2,1H3,(H,21,27)(H,24,28). The normalized spacial score (nSPS) is 14.1. The maximum atomic E-state index is 12.6. The van der Waals surface area contributed by atoms with E-state index < -0.39 is 0 Å². The molecule has 2 amide bonds. The number of rotatable bonds is 4. The Morgan fingerprint density at radius 1 is 1.00 bits per heavy atom. The molecule has 28 heavy (non-hydrogen) atoms. The van der Waals surface area contributed by atoms with Crippen LogP contribution in [0, 0.1) is 0 Å². The SMILES string of the molecule is CNC(=O)c1ccc2c(c1)c(N1CCNCC1)nn2NC(=O)c1ccccc1. The van der Waals surface area contributed by atoms with E-state index >= 15 is 0 Å². The van der Waals surface area contributed by atoms with Gasteiger partial charge in [-0.2, -0.15) is 4.79 Å². The molecule has 1 saturated heterocycles. The van der Waals surface area contributed by atoms with Crippen molar-refractivity contribution in [2.24, 2.45) is 0 Å². The number of anilines is 1. The smallest absolute Gasteiger partial charge is 0.271 e. The summed E-state index contributed by atoms with van der Waals surface area (Å²) < 4.78 is 0. The Balaban J connectivity index is 1.75. The molecular formula is C20H22N6O2. The summed E-state index contributed by atoms with van der Waals surface area (Å²) in [5, 5.41) is 11.5. The molecule has 2 aromatic carbocycles. The third-order valence-electron chi connectivity index (χ3n) is 4.81. The van der Waals surface area contributed by atoms with Crippen LogP contribution in [0.25, 0.3) is 10.9 Å². The van der Waals surface area contributed by atoms with E-state index in [1.165, 1.54) is 4.79 Å². The number of benzene rings is 2. The van der Waals surface area contributed by atoms with E-state index in [4.69, 9.17) is 0 Å². The lowest BCUT2D eigenvalue weighted by molar-refractivity contribution is 0.0961. The van der Waals surface area contributed by atoms with E-state index in [2.05, 4.69) is 26.1 Å². The van der Waals surface area contributed by atoms with E-state index in [1.807, 2.05) is 30.3 Å². The number of nitrogens with one attached hydrogen (secondary N) is 3. The molecule has 1 aliphatic rings. The zero-order valence-corrected chi connectivity index (χ0v) is 15.6. The number of amides is 2. The van der Waals surface area contributed by atoms with Gasteiger partial charge >= 0.3 is 0 Å². The van der Waals surface area contributed by atoms with Crippen LogP contribution < -0.4 is 21.0 Å². The van der Waals surface area contributed by atoms with Crippen molar-refractivity contribution >= 4 is 28.5 Å². The van der Waals surface area contributed by atoms with Gasteiger partial charge in [0.15, 0.2) is 5.82 Å². The first-order chi connectivity index (χ1) is 13.7. The van der Waals surface area contributed by atoms with Crippen LogP contribution >= 0.6 is 0 Å². The lowest BCUT2D eigenvalue weighted by Gasteiger charge is -2.27. The molecule has 0 unspecified atom stereocenters. The summed E-state index contributed by atoms with van der Waals surface area (Å²) in [5.41, 5.74) is 4.70. The van der Waals surface area contributed by atoms with E-state index in [0.29, 0.717) is 11.1 Å². The second-order valence-corrected chi connectivity index (χ2v) is 6.59. The molecule has 0 aliphatic carbocycles. The molecule has 0 bridgehead atoms. The Kier molecular flexibility index (Phi) is 4.94. The fourth-order valence-electron chi connectivity index (χ4n) is 3.33. The molecule has 0 radical (unpaired) electrons. The minimum Gasteiger partial charge on any atom is -0.355 e. The maximum absolute atomic E-state index is 12.6. The van der Waals surface area contributed by atoms with Crippen molar-refractivity contribution in [1.82, 2.24) is 20.5 Å². The molecule has 144 valence electrons. The van der Waals surface area contributed by atoms with Crippen molar-refractivity contribution < 1.29 is 9.59 Å². The molecule has 1 aliphatic heterocycles. The molecule has 0 spiro atoms. The van der Waals surface area contributed by atoms with Crippen LogP contribution in [-0.4, -0.2) is 54.9 Å². The second kappa shape index (κ2) is 7.69.